The molecule has 0 aliphatic heterocycles. The van der Waals surface area contributed by atoms with E-state index in [-0.39, 0.29) is 12.4 Å². The van der Waals surface area contributed by atoms with Gasteiger partial charge >= 0.3 is 0 Å². The Kier molecular flexibility index (Phi) is 3.80. The highest BCUT2D eigenvalue weighted by molar-refractivity contribution is 5.97. The van der Waals surface area contributed by atoms with E-state index in [1.54, 1.807) is 12.1 Å². The van der Waals surface area contributed by atoms with Crippen molar-refractivity contribution in [2.75, 3.05) is 6.61 Å². The van der Waals surface area contributed by atoms with Gasteiger partial charge < -0.3 is 0 Å². The summed E-state index contributed by atoms with van der Waals surface area (Å²) in [6, 6.07) is 7.51. The molecule has 76 valence electrons. The first kappa shape index (κ1) is 10.9. The van der Waals surface area contributed by atoms with Crippen LogP contribution in [0.25, 0.3) is 0 Å². The highest BCUT2D eigenvalue weighted by Gasteiger charge is 2.05. The van der Waals surface area contributed by atoms with Crippen LogP contribution in [-0.4, -0.2) is 12.4 Å². The van der Waals surface area contributed by atoms with Crippen LogP contribution in [0.2, 0.25) is 0 Å². The molecule has 0 spiro atoms. The number of hydrogen-bond donors (Lipinski definition) is 1. The predicted molar refractivity (Wildman–Crippen MR) is 55.0 cm³/mol. The normalized spacial score (nSPS) is 10.6. The van der Waals surface area contributed by atoms with Gasteiger partial charge in [0.25, 0.3) is 0 Å². The van der Waals surface area contributed by atoms with E-state index in [2.05, 4.69) is 18.7 Å². The van der Waals surface area contributed by atoms with Gasteiger partial charge in [0.1, 0.15) is 6.61 Å². The molecular weight excluding hydrogens is 178 g/mol. The van der Waals surface area contributed by atoms with Crippen molar-refractivity contribution >= 4 is 5.78 Å². The number of hydrogen-bond acceptors (Lipinski definition) is 3. The molecule has 1 aromatic carbocycles. The monoisotopic (exact) mass is 193 g/mol. The number of carbonyl (C=O) groups excluding carboxylic acids is 1. The summed E-state index contributed by atoms with van der Waals surface area (Å²) in [4.78, 5) is 15.6. The van der Waals surface area contributed by atoms with Crippen molar-refractivity contribution in [3.8, 4) is 0 Å². The van der Waals surface area contributed by atoms with Crippen molar-refractivity contribution < 1.29 is 9.63 Å². The highest BCUT2D eigenvalue weighted by Crippen LogP contribution is 2.14. The first-order valence-electron chi connectivity index (χ1n) is 4.60. The molecule has 0 heterocycles. The third-order valence-corrected chi connectivity index (χ3v) is 2.11. The summed E-state index contributed by atoms with van der Waals surface area (Å²) in [5, 5.41) is 0. The molecule has 0 bridgehead atoms. The van der Waals surface area contributed by atoms with Gasteiger partial charge in [0.05, 0.1) is 0 Å². The lowest BCUT2D eigenvalue weighted by Crippen LogP contribution is -2.12. The van der Waals surface area contributed by atoms with Gasteiger partial charge in [-0.05, 0) is 11.5 Å². The minimum atomic E-state index is -0.0946. The number of ketones is 1. The zero-order chi connectivity index (χ0) is 10.6. The summed E-state index contributed by atoms with van der Waals surface area (Å²) >= 11 is 0. The minimum Gasteiger partial charge on any atom is -0.296 e. The molecule has 0 radical (unpaired) electrons. The van der Waals surface area contributed by atoms with Gasteiger partial charge in [-0.2, -0.15) is 0 Å². The van der Waals surface area contributed by atoms with Crippen molar-refractivity contribution in [1.29, 1.82) is 0 Å². The maximum Gasteiger partial charge on any atom is 0.190 e. The standard InChI is InChI=1S/C11H15NO2/c1-8(2)9-3-5-10(6-4-9)11(13)7-14-12/h3-6,8H,7,12H2,1-2H3. The Hall–Kier alpha value is -1.19. The number of rotatable bonds is 4. The van der Waals surface area contributed by atoms with E-state index in [0.29, 0.717) is 11.5 Å². The molecule has 0 fully saturated rings. The lowest BCUT2D eigenvalue weighted by atomic mass is 10.0. The van der Waals surface area contributed by atoms with Gasteiger partial charge in [-0.3, -0.25) is 9.63 Å². The summed E-state index contributed by atoms with van der Waals surface area (Å²) < 4.78 is 0. The lowest BCUT2D eigenvalue weighted by molar-refractivity contribution is 0.0763. The average Bonchev–Trinajstić information content (AvgIpc) is 2.18. The average molecular weight is 193 g/mol. The highest BCUT2D eigenvalue weighted by atomic mass is 16.6. The molecule has 2 N–H and O–H groups in total. The van der Waals surface area contributed by atoms with Crippen LogP contribution in [-0.2, 0) is 4.84 Å². The second-order valence-electron chi connectivity index (χ2n) is 3.51. The van der Waals surface area contributed by atoms with E-state index in [1.165, 1.54) is 5.56 Å². The van der Waals surface area contributed by atoms with Gasteiger partial charge in [-0.15, -0.1) is 0 Å². The molecule has 1 rings (SSSR count). The van der Waals surface area contributed by atoms with Gasteiger partial charge in [0.15, 0.2) is 5.78 Å². The Morgan fingerprint density at radius 3 is 2.36 bits per heavy atom. The SMILES string of the molecule is CC(C)c1ccc(C(=O)CON)cc1. The molecule has 0 unspecified atom stereocenters. The van der Waals surface area contributed by atoms with E-state index >= 15 is 0 Å². The molecule has 0 amide bonds. The van der Waals surface area contributed by atoms with E-state index in [4.69, 9.17) is 5.90 Å². The first-order chi connectivity index (χ1) is 6.65. The summed E-state index contributed by atoms with van der Waals surface area (Å²) in [7, 11) is 0. The minimum absolute atomic E-state index is 0.0684. The van der Waals surface area contributed by atoms with Crippen LogP contribution in [0, 0.1) is 0 Å². The summed E-state index contributed by atoms with van der Waals surface area (Å²) in [6.07, 6.45) is 0. The Morgan fingerprint density at radius 2 is 1.93 bits per heavy atom. The van der Waals surface area contributed by atoms with Gasteiger partial charge in [-0.1, -0.05) is 38.1 Å². The van der Waals surface area contributed by atoms with Gasteiger partial charge in [0, 0.05) is 5.56 Å². The Labute approximate surface area is 83.8 Å². The second-order valence-corrected chi connectivity index (χ2v) is 3.51. The van der Waals surface area contributed by atoms with E-state index in [1.807, 2.05) is 12.1 Å². The molecule has 1 aromatic rings. The zero-order valence-corrected chi connectivity index (χ0v) is 8.49. The van der Waals surface area contributed by atoms with Crippen LogP contribution in [0.3, 0.4) is 0 Å². The Bertz CT molecular complexity index is 304. The van der Waals surface area contributed by atoms with Crippen molar-refractivity contribution in [1.82, 2.24) is 0 Å². The van der Waals surface area contributed by atoms with Gasteiger partial charge in [0.2, 0.25) is 0 Å². The van der Waals surface area contributed by atoms with Crippen molar-refractivity contribution in [2.45, 2.75) is 19.8 Å². The van der Waals surface area contributed by atoms with Crippen molar-refractivity contribution in [2.24, 2.45) is 5.90 Å². The molecule has 14 heavy (non-hydrogen) atoms. The molecule has 0 aromatic heterocycles. The Morgan fingerprint density at radius 1 is 1.36 bits per heavy atom. The van der Waals surface area contributed by atoms with Crippen LogP contribution in [0.5, 0.6) is 0 Å². The van der Waals surface area contributed by atoms with Crippen LogP contribution < -0.4 is 5.90 Å². The van der Waals surface area contributed by atoms with Crippen LogP contribution in [0.4, 0.5) is 0 Å². The zero-order valence-electron chi connectivity index (χ0n) is 8.49. The summed E-state index contributed by atoms with van der Waals surface area (Å²) in [5.41, 5.74) is 1.86. The maximum absolute atomic E-state index is 11.3. The molecular formula is C11H15NO2. The molecule has 0 saturated heterocycles. The fourth-order valence-electron chi connectivity index (χ4n) is 1.21. The van der Waals surface area contributed by atoms with E-state index < -0.39 is 0 Å². The molecule has 3 heteroatoms. The van der Waals surface area contributed by atoms with E-state index in [0.717, 1.165) is 0 Å². The second kappa shape index (κ2) is 4.88. The number of Topliss-reactive ketones (excluding diaryl/α,β-unsaturated/α-hetero) is 1. The molecule has 0 saturated carbocycles. The molecule has 0 aliphatic rings. The fourth-order valence-corrected chi connectivity index (χ4v) is 1.21. The van der Waals surface area contributed by atoms with Crippen LogP contribution >= 0.6 is 0 Å². The predicted octanol–water partition coefficient (Wildman–Crippen LogP) is 1.88. The maximum atomic E-state index is 11.3. The largest absolute Gasteiger partial charge is 0.296 e. The van der Waals surface area contributed by atoms with Crippen molar-refractivity contribution in [3.63, 3.8) is 0 Å². The smallest absolute Gasteiger partial charge is 0.190 e. The first-order valence-corrected chi connectivity index (χ1v) is 4.60. The third-order valence-electron chi connectivity index (χ3n) is 2.11. The quantitative estimate of drug-likeness (QED) is 0.586. The van der Waals surface area contributed by atoms with Crippen LogP contribution in [0.1, 0.15) is 35.7 Å². The van der Waals surface area contributed by atoms with Gasteiger partial charge in [-0.25, -0.2) is 5.90 Å². The topological polar surface area (TPSA) is 52.3 Å². The van der Waals surface area contributed by atoms with Crippen molar-refractivity contribution in [3.05, 3.63) is 35.4 Å². The summed E-state index contributed by atoms with van der Waals surface area (Å²) in [6.45, 7) is 4.15. The van der Waals surface area contributed by atoms with E-state index in [9.17, 15) is 4.79 Å². The third kappa shape index (κ3) is 2.65. The number of nitrogens with two attached hydrogens (primary N) is 1. The summed E-state index contributed by atoms with van der Waals surface area (Å²) in [5.74, 6) is 5.21. The number of carbonyl (C=O) groups is 1. The Balaban J connectivity index is 2.78. The fraction of sp³-hybridized carbons (Fsp3) is 0.364. The molecule has 0 aliphatic carbocycles. The molecule has 3 nitrogen and oxygen atoms in total. The molecule has 0 atom stereocenters. The lowest BCUT2D eigenvalue weighted by Gasteiger charge is -2.05. The number of benzene rings is 1. The van der Waals surface area contributed by atoms with Crippen LogP contribution in [0.15, 0.2) is 24.3 Å².